The van der Waals surface area contributed by atoms with Crippen molar-refractivity contribution in [2.75, 3.05) is 34.9 Å². The largest absolute Gasteiger partial charge is 0.393 e. The van der Waals surface area contributed by atoms with Gasteiger partial charge in [0.2, 0.25) is 0 Å². The Balaban J connectivity index is 1.14. The number of nitrogens with one attached hydrogen (secondary N) is 1. The molecule has 3 heterocycles. The minimum absolute atomic E-state index is 0.154. The van der Waals surface area contributed by atoms with Gasteiger partial charge in [-0.05, 0) is 85.6 Å². The highest BCUT2D eigenvalue weighted by molar-refractivity contribution is 6.05. The van der Waals surface area contributed by atoms with Crippen molar-refractivity contribution >= 4 is 40.1 Å². The number of amides is 1. The molecule has 3 aromatic carbocycles. The van der Waals surface area contributed by atoms with Crippen LogP contribution in [0.3, 0.4) is 0 Å². The topological polar surface area (TPSA) is 86.0 Å². The maximum absolute atomic E-state index is 12.9. The number of aliphatic hydroxyl groups is 1. The van der Waals surface area contributed by atoms with E-state index in [0.717, 1.165) is 59.6 Å². The van der Waals surface area contributed by atoms with Crippen LogP contribution >= 0.6 is 0 Å². The molecule has 8 nitrogen and oxygen atoms in total. The summed E-state index contributed by atoms with van der Waals surface area (Å²) in [4.78, 5) is 21.5. The van der Waals surface area contributed by atoms with Crippen molar-refractivity contribution in [2.45, 2.75) is 18.9 Å². The molecule has 2 aliphatic rings. The quantitative estimate of drug-likeness (QED) is 0.425. The Morgan fingerprint density at radius 3 is 2.38 bits per heavy atom. The van der Waals surface area contributed by atoms with Gasteiger partial charge < -0.3 is 20.2 Å². The third kappa shape index (κ3) is 4.83. The van der Waals surface area contributed by atoms with Crippen LogP contribution in [0.1, 0.15) is 23.2 Å². The summed E-state index contributed by atoms with van der Waals surface area (Å²) in [5.41, 5.74) is 5.39. The maximum Gasteiger partial charge on any atom is 0.255 e. The first-order valence-electron chi connectivity index (χ1n) is 12.5. The first kappa shape index (κ1) is 23.0. The van der Waals surface area contributed by atoms with Crippen LogP contribution in [0.25, 0.3) is 16.6 Å². The van der Waals surface area contributed by atoms with E-state index in [1.807, 2.05) is 77.8 Å². The van der Waals surface area contributed by atoms with Crippen LogP contribution in [0, 0.1) is 0 Å². The smallest absolute Gasteiger partial charge is 0.255 e. The lowest BCUT2D eigenvalue weighted by molar-refractivity contribution is 0.102. The highest BCUT2D eigenvalue weighted by Crippen LogP contribution is 2.25. The first-order valence-corrected chi connectivity index (χ1v) is 12.5. The second kappa shape index (κ2) is 9.91. The molecule has 1 amide bonds. The summed E-state index contributed by atoms with van der Waals surface area (Å²) < 4.78 is 1.90. The predicted octanol–water partition coefficient (Wildman–Crippen LogP) is 4.60. The van der Waals surface area contributed by atoms with Crippen LogP contribution in [0.5, 0.6) is 0 Å². The third-order valence-electron chi connectivity index (χ3n) is 6.90. The van der Waals surface area contributed by atoms with Gasteiger partial charge >= 0.3 is 0 Å². The molecule has 0 radical (unpaired) electrons. The van der Waals surface area contributed by atoms with Crippen molar-refractivity contribution < 1.29 is 9.90 Å². The lowest BCUT2D eigenvalue weighted by atomic mass is 10.1. The van der Waals surface area contributed by atoms with Gasteiger partial charge in [0, 0.05) is 53.5 Å². The minimum Gasteiger partial charge on any atom is -0.393 e. The van der Waals surface area contributed by atoms with E-state index in [9.17, 15) is 9.90 Å². The van der Waals surface area contributed by atoms with Gasteiger partial charge in [-0.15, -0.1) is 0 Å². The van der Waals surface area contributed by atoms with Crippen molar-refractivity contribution in [3.05, 3.63) is 90.8 Å². The Hall–Kier alpha value is -4.43. The minimum atomic E-state index is -0.205. The molecule has 6 rings (SSSR count). The first-order chi connectivity index (χ1) is 18.1. The number of nitrogens with zero attached hydrogens (tertiary/aromatic N) is 5. The summed E-state index contributed by atoms with van der Waals surface area (Å²) in [6, 6.07) is 21.7. The van der Waals surface area contributed by atoms with E-state index < -0.39 is 0 Å². The highest BCUT2D eigenvalue weighted by Gasteiger charge is 2.17. The lowest BCUT2D eigenvalue weighted by Gasteiger charge is -2.31. The molecular formula is C29H28N6O2. The van der Waals surface area contributed by atoms with Crippen molar-refractivity contribution in [1.29, 1.82) is 0 Å². The fraction of sp³-hybridized carbons (Fsp3) is 0.207. The van der Waals surface area contributed by atoms with Crippen LogP contribution in [0.4, 0.5) is 17.1 Å². The SMILES string of the molecule is O=C(Nc1ccc2c(cnn2-c2ccc(N3C=CC=NC3)cc2)c1)c1ccc(N2CCC(O)CC2)cc1. The summed E-state index contributed by atoms with van der Waals surface area (Å²) in [6.45, 7) is 2.27. The standard InChI is InChI=1S/C29H28N6O2/c36-27-12-16-33(17-13-27)24-5-2-21(3-6-24)29(37)32-23-4-11-28-22(18-23)19-31-35(28)26-9-7-25(8-10-26)34-15-1-14-30-20-34/h1-11,14-15,18-19,27,36H,12-13,16-17,20H2,(H,32,37). The van der Waals surface area contributed by atoms with Gasteiger partial charge in [-0.3, -0.25) is 9.79 Å². The van der Waals surface area contributed by atoms with E-state index in [-0.39, 0.29) is 12.0 Å². The molecule has 37 heavy (non-hydrogen) atoms. The van der Waals surface area contributed by atoms with Gasteiger partial charge in [-0.1, -0.05) is 0 Å². The van der Waals surface area contributed by atoms with Gasteiger partial charge in [0.05, 0.1) is 23.5 Å². The Labute approximate surface area is 215 Å². The molecule has 1 saturated heterocycles. The predicted molar refractivity (Wildman–Crippen MR) is 148 cm³/mol. The molecule has 0 unspecified atom stereocenters. The van der Waals surface area contributed by atoms with Crippen LogP contribution in [-0.2, 0) is 0 Å². The summed E-state index contributed by atoms with van der Waals surface area (Å²) in [5.74, 6) is -0.154. The maximum atomic E-state index is 12.9. The van der Waals surface area contributed by atoms with E-state index in [1.54, 1.807) is 6.21 Å². The Morgan fingerprint density at radius 2 is 1.65 bits per heavy atom. The normalized spacial score (nSPS) is 15.9. The molecule has 1 fully saturated rings. The molecule has 4 aromatic rings. The van der Waals surface area contributed by atoms with Crippen molar-refractivity contribution in [3.63, 3.8) is 0 Å². The molecule has 0 saturated carbocycles. The fourth-order valence-electron chi connectivity index (χ4n) is 4.81. The molecule has 0 aliphatic carbocycles. The summed E-state index contributed by atoms with van der Waals surface area (Å²) in [5, 5.41) is 18.2. The molecule has 0 spiro atoms. The van der Waals surface area contributed by atoms with Gasteiger partial charge in [0.15, 0.2) is 0 Å². The molecule has 0 bridgehead atoms. The average molecular weight is 493 g/mol. The second-order valence-corrected chi connectivity index (χ2v) is 9.35. The molecule has 186 valence electrons. The summed E-state index contributed by atoms with van der Waals surface area (Å²) >= 11 is 0. The highest BCUT2D eigenvalue weighted by atomic mass is 16.3. The zero-order chi connectivity index (χ0) is 25.2. The number of benzene rings is 3. The van der Waals surface area contributed by atoms with Gasteiger partial charge in [-0.2, -0.15) is 5.10 Å². The lowest BCUT2D eigenvalue weighted by Crippen LogP contribution is -2.35. The number of hydrogen-bond acceptors (Lipinski definition) is 6. The van der Waals surface area contributed by atoms with E-state index >= 15 is 0 Å². The van der Waals surface area contributed by atoms with Gasteiger partial charge in [0.25, 0.3) is 5.91 Å². The van der Waals surface area contributed by atoms with Crippen molar-refractivity contribution in [3.8, 4) is 5.69 Å². The van der Waals surface area contributed by atoms with Crippen LogP contribution < -0.4 is 15.1 Å². The van der Waals surface area contributed by atoms with Crippen molar-refractivity contribution in [1.82, 2.24) is 9.78 Å². The Morgan fingerprint density at radius 1 is 0.919 bits per heavy atom. The third-order valence-corrected chi connectivity index (χ3v) is 6.90. The molecule has 2 N–H and O–H groups in total. The van der Waals surface area contributed by atoms with Crippen LogP contribution in [-0.4, -0.2) is 52.9 Å². The number of aliphatic hydroxyl groups excluding tert-OH is 1. The Kier molecular flexibility index (Phi) is 6.16. The number of fused-ring (bicyclic) bond motifs is 1. The number of aliphatic imine (C=N–C) groups is 1. The van der Waals surface area contributed by atoms with Gasteiger partial charge in [0.1, 0.15) is 6.67 Å². The van der Waals surface area contributed by atoms with Crippen LogP contribution in [0.2, 0.25) is 0 Å². The zero-order valence-corrected chi connectivity index (χ0v) is 20.4. The molecule has 8 heteroatoms. The van der Waals surface area contributed by atoms with Crippen molar-refractivity contribution in [2.24, 2.45) is 4.99 Å². The number of carbonyl (C=O) groups excluding carboxylic acids is 1. The second-order valence-electron chi connectivity index (χ2n) is 9.35. The average Bonchev–Trinajstić information content (AvgIpc) is 3.37. The molecular weight excluding hydrogens is 464 g/mol. The molecule has 1 aromatic heterocycles. The Bertz CT molecular complexity index is 1460. The number of anilines is 3. The number of allylic oxidation sites excluding steroid dienone is 1. The fourth-order valence-corrected chi connectivity index (χ4v) is 4.81. The summed E-state index contributed by atoms with van der Waals surface area (Å²) in [6.07, 6.45) is 8.89. The van der Waals surface area contributed by atoms with Crippen LogP contribution in [0.15, 0.2) is 90.2 Å². The zero-order valence-electron chi connectivity index (χ0n) is 20.4. The van der Waals surface area contributed by atoms with E-state index in [0.29, 0.717) is 12.2 Å². The van der Waals surface area contributed by atoms with Gasteiger partial charge in [-0.25, -0.2) is 4.68 Å². The van der Waals surface area contributed by atoms with E-state index in [1.165, 1.54) is 0 Å². The number of aromatic nitrogens is 2. The molecule has 0 atom stereocenters. The monoisotopic (exact) mass is 492 g/mol. The number of carbonyl (C=O) groups is 1. The summed E-state index contributed by atoms with van der Waals surface area (Å²) in [7, 11) is 0. The number of rotatable bonds is 5. The van der Waals surface area contributed by atoms with E-state index in [4.69, 9.17) is 0 Å². The van der Waals surface area contributed by atoms with E-state index in [2.05, 4.69) is 37.3 Å². The number of piperidine rings is 1. The number of hydrogen-bond donors (Lipinski definition) is 2. The molecule has 2 aliphatic heterocycles.